The number of nitriles is 2. The quantitative estimate of drug-likeness (QED) is 0.597. The van der Waals surface area contributed by atoms with Gasteiger partial charge in [-0.25, -0.2) is 0 Å². The molecule has 122 valence electrons. The van der Waals surface area contributed by atoms with E-state index in [2.05, 4.69) is 6.58 Å². The maximum Gasteiger partial charge on any atom is 0.193 e. The number of hydrogen-bond acceptors (Lipinski definition) is 3. The molecule has 1 aliphatic carbocycles. The SMILES string of the molecule is C=C1C(C=C(C#N)C#N)=CC=C1c1ccc(C(=O)c2ccccc2)cc1. The molecule has 0 amide bonds. The predicted octanol–water partition coefficient (Wildman–Crippen LogP) is 4.77. The Hall–Kier alpha value is -3.95. The van der Waals surface area contributed by atoms with Crippen molar-refractivity contribution in [3.8, 4) is 12.1 Å². The van der Waals surface area contributed by atoms with Gasteiger partial charge in [0.25, 0.3) is 0 Å². The Morgan fingerprint density at radius 1 is 0.885 bits per heavy atom. The van der Waals surface area contributed by atoms with Crippen LogP contribution >= 0.6 is 0 Å². The van der Waals surface area contributed by atoms with Crippen molar-refractivity contribution in [1.82, 2.24) is 0 Å². The molecular formula is C23H14N2O. The van der Waals surface area contributed by atoms with Gasteiger partial charge in [0.1, 0.15) is 17.7 Å². The van der Waals surface area contributed by atoms with Crippen LogP contribution in [0.2, 0.25) is 0 Å². The Labute approximate surface area is 152 Å². The lowest BCUT2D eigenvalue weighted by molar-refractivity contribution is 0.103. The average Bonchev–Trinajstić information content (AvgIpc) is 3.06. The van der Waals surface area contributed by atoms with Crippen LogP contribution in [0.25, 0.3) is 5.57 Å². The number of hydrogen-bond donors (Lipinski definition) is 0. The molecule has 0 saturated carbocycles. The van der Waals surface area contributed by atoms with Gasteiger partial charge in [-0.05, 0) is 28.4 Å². The first-order chi connectivity index (χ1) is 12.6. The standard InChI is InChI=1S/C23H14N2O/c1-16-21(13-17(14-24)15-25)11-12-22(16)18-7-9-20(10-8-18)23(26)19-5-3-2-4-6-19/h2-13H,1H2. The Kier molecular flexibility index (Phi) is 4.74. The molecule has 0 fully saturated rings. The molecule has 0 unspecified atom stereocenters. The van der Waals surface area contributed by atoms with E-state index >= 15 is 0 Å². The zero-order valence-electron chi connectivity index (χ0n) is 13.9. The second-order valence-electron chi connectivity index (χ2n) is 5.74. The van der Waals surface area contributed by atoms with Crippen molar-refractivity contribution in [2.45, 2.75) is 0 Å². The third kappa shape index (κ3) is 3.29. The average molecular weight is 334 g/mol. The Balaban J connectivity index is 1.80. The van der Waals surface area contributed by atoms with Crippen molar-refractivity contribution in [2.24, 2.45) is 0 Å². The first kappa shape index (κ1) is 16.9. The summed E-state index contributed by atoms with van der Waals surface area (Å²) in [5, 5.41) is 17.8. The van der Waals surface area contributed by atoms with Crippen molar-refractivity contribution in [2.75, 3.05) is 0 Å². The summed E-state index contributed by atoms with van der Waals surface area (Å²) in [5.74, 6) is -0.0224. The van der Waals surface area contributed by atoms with E-state index in [4.69, 9.17) is 10.5 Å². The highest BCUT2D eigenvalue weighted by atomic mass is 16.1. The number of carbonyl (C=O) groups is 1. The number of rotatable bonds is 4. The van der Waals surface area contributed by atoms with Gasteiger partial charge in [0.05, 0.1) is 0 Å². The second-order valence-corrected chi connectivity index (χ2v) is 5.74. The van der Waals surface area contributed by atoms with Gasteiger partial charge in [0.2, 0.25) is 0 Å². The molecule has 3 nitrogen and oxygen atoms in total. The van der Waals surface area contributed by atoms with Crippen LogP contribution in [0.3, 0.4) is 0 Å². The minimum atomic E-state index is -0.0224. The van der Waals surface area contributed by atoms with Crippen molar-refractivity contribution >= 4 is 11.4 Å². The van der Waals surface area contributed by atoms with Crippen molar-refractivity contribution in [3.63, 3.8) is 0 Å². The molecule has 0 N–H and O–H groups in total. The normalized spacial score (nSPS) is 12.5. The van der Waals surface area contributed by atoms with Crippen LogP contribution in [-0.2, 0) is 0 Å². The largest absolute Gasteiger partial charge is 0.289 e. The van der Waals surface area contributed by atoms with Gasteiger partial charge in [0.15, 0.2) is 5.78 Å². The molecular weight excluding hydrogens is 320 g/mol. The minimum absolute atomic E-state index is 0.0224. The van der Waals surface area contributed by atoms with Gasteiger partial charge in [0, 0.05) is 11.1 Å². The summed E-state index contributed by atoms with van der Waals surface area (Å²) in [4.78, 5) is 12.5. The lowest BCUT2D eigenvalue weighted by Gasteiger charge is -2.08. The topological polar surface area (TPSA) is 64.7 Å². The van der Waals surface area contributed by atoms with Gasteiger partial charge in [-0.15, -0.1) is 0 Å². The number of allylic oxidation sites excluding steroid dienone is 7. The number of carbonyl (C=O) groups excluding carboxylic acids is 1. The highest BCUT2D eigenvalue weighted by Gasteiger charge is 2.15. The number of nitrogens with zero attached hydrogens (tertiary/aromatic N) is 2. The molecule has 0 atom stereocenters. The molecule has 3 rings (SSSR count). The summed E-state index contributed by atoms with van der Waals surface area (Å²) >= 11 is 0. The first-order valence-corrected chi connectivity index (χ1v) is 7.97. The van der Waals surface area contributed by atoms with E-state index in [0.717, 1.165) is 22.3 Å². The maximum absolute atomic E-state index is 12.5. The fourth-order valence-electron chi connectivity index (χ4n) is 2.74. The summed E-state index contributed by atoms with van der Waals surface area (Å²) < 4.78 is 0. The van der Waals surface area contributed by atoms with Crippen LogP contribution in [0, 0.1) is 22.7 Å². The molecule has 1 aliphatic rings. The van der Waals surface area contributed by atoms with E-state index in [1.807, 2.05) is 54.6 Å². The fourth-order valence-corrected chi connectivity index (χ4v) is 2.74. The molecule has 0 bridgehead atoms. The van der Waals surface area contributed by atoms with Gasteiger partial charge in [-0.3, -0.25) is 4.79 Å². The van der Waals surface area contributed by atoms with Crippen LogP contribution in [0.5, 0.6) is 0 Å². The molecule has 0 saturated heterocycles. The number of ketones is 1. The lowest BCUT2D eigenvalue weighted by Crippen LogP contribution is -2.01. The summed E-state index contributed by atoms with van der Waals surface area (Å²) in [6, 6.07) is 20.2. The van der Waals surface area contributed by atoms with Gasteiger partial charge >= 0.3 is 0 Å². The zero-order valence-corrected chi connectivity index (χ0v) is 13.9. The van der Waals surface area contributed by atoms with Crippen LogP contribution in [-0.4, -0.2) is 5.78 Å². The Morgan fingerprint density at radius 3 is 2.12 bits per heavy atom. The fraction of sp³-hybridized carbons (Fsp3) is 0. The highest BCUT2D eigenvalue weighted by molar-refractivity contribution is 6.09. The monoisotopic (exact) mass is 334 g/mol. The second kappa shape index (κ2) is 7.30. The number of benzene rings is 2. The summed E-state index contributed by atoms with van der Waals surface area (Å²) in [6.07, 6.45) is 5.25. The predicted molar refractivity (Wildman–Crippen MR) is 101 cm³/mol. The van der Waals surface area contributed by atoms with E-state index in [1.54, 1.807) is 24.3 Å². The molecule has 2 aromatic carbocycles. The first-order valence-electron chi connectivity index (χ1n) is 7.97. The van der Waals surface area contributed by atoms with E-state index in [9.17, 15) is 4.79 Å². The van der Waals surface area contributed by atoms with Gasteiger partial charge < -0.3 is 0 Å². The molecule has 3 heteroatoms. The lowest BCUT2D eigenvalue weighted by atomic mass is 9.95. The third-order valence-corrected chi connectivity index (χ3v) is 4.14. The van der Waals surface area contributed by atoms with Crippen molar-refractivity contribution in [1.29, 1.82) is 10.5 Å². The molecule has 2 aromatic rings. The van der Waals surface area contributed by atoms with Crippen LogP contribution < -0.4 is 0 Å². The summed E-state index contributed by atoms with van der Waals surface area (Å²) in [7, 11) is 0. The van der Waals surface area contributed by atoms with Crippen LogP contribution in [0.15, 0.2) is 96.1 Å². The third-order valence-electron chi connectivity index (χ3n) is 4.14. The molecule has 0 aromatic heterocycles. The minimum Gasteiger partial charge on any atom is -0.289 e. The maximum atomic E-state index is 12.5. The molecule has 0 heterocycles. The van der Waals surface area contributed by atoms with E-state index in [1.165, 1.54) is 6.08 Å². The van der Waals surface area contributed by atoms with E-state index in [0.29, 0.717) is 11.1 Å². The van der Waals surface area contributed by atoms with Crippen LogP contribution in [0.4, 0.5) is 0 Å². The van der Waals surface area contributed by atoms with E-state index < -0.39 is 0 Å². The molecule has 0 radical (unpaired) electrons. The van der Waals surface area contributed by atoms with Gasteiger partial charge in [-0.1, -0.05) is 73.3 Å². The summed E-state index contributed by atoms with van der Waals surface area (Å²) in [6.45, 7) is 4.05. The molecule has 0 aliphatic heterocycles. The Bertz CT molecular complexity index is 1040. The Morgan fingerprint density at radius 2 is 1.50 bits per heavy atom. The molecule has 0 spiro atoms. The zero-order chi connectivity index (χ0) is 18.5. The smallest absolute Gasteiger partial charge is 0.193 e. The van der Waals surface area contributed by atoms with Gasteiger partial charge in [-0.2, -0.15) is 10.5 Å². The van der Waals surface area contributed by atoms with E-state index in [-0.39, 0.29) is 11.4 Å². The van der Waals surface area contributed by atoms with Crippen molar-refractivity contribution in [3.05, 3.63) is 113 Å². The van der Waals surface area contributed by atoms with Crippen LogP contribution in [0.1, 0.15) is 21.5 Å². The summed E-state index contributed by atoms with van der Waals surface area (Å²) in [5.41, 5.74) is 4.63. The highest BCUT2D eigenvalue weighted by Crippen LogP contribution is 2.33. The van der Waals surface area contributed by atoms with Crippen molar-refractivity contribution < 1.29 is 4.79 Å². The molecule has 26 heavy (non-hydrogen) atoms.